The summed E-state index contributed by atoms with van der Waals surface area (Å²) in [5.41, 5.74) is 0.675. The number of rotatable bonds is 8. The van der Waals surface area contributed by atoms with E-state index in [0.717, 1.165) is 24.3 Å². The molecule has 0 saturated heterocycles. The van der Waals surface area contributed by atoms with Crippen molar-refractivity contribution in [1.82, 2.24) is 4.90 Å². The van der Waals surface area contributed by atoms with E-state index in [1.807, 2.05) is 6.07 Å². The minimum absolute atomic E-state index is 0.194. The summed E-state index contributed by atoms with van der Waals surface area (Å²) in [6.07, 6.45) is 0.194. The van der Waals surface area contributed by atoms with Gasteiger partial charge in [0.15, 0.2) is 5.41 Å². The average molecular weight is 445 g/mol. The second-order valence-electron chi connectivity index (χ2n) is 7.56. The molecule has 2 aromatic rings. The SMILES string of the molecule is CCN(CC)CCN1C(=O)C(C(=O)OC)(c2cccc(OC)c2)Cc2ccc(Cl)cc21. The molecule has 1 atom stereocenters. The zero-order valence-corrected chi connectivity index (χ0v) is 19.2. The molecule has 1 heterocycles. The van der Waals surface area contributed by atoms with Gasteiger partial charge < -0.3 is 19.3 Å². The predicted octanol–water partition coefficient (Wildman–Crippen LogP) is 3.69. The van der Waals surface area contributed by atoms with Crippen LogP contribution in [0.4, 0.5) is 5.69 Å². The Morgan fingerprint density at radius 2 is 1.90 bits per heavy atom. The topological polar surface area (TPSA) is 59.1 Å². The highest BCUT2D eigenvalue weighted by Gasteiger charge is 2.54. The van der Waals surface area contributed by atoms with E-state index >= 15 is 0 Å². The van der Waals surface area contributed by atoms with Crippen molar-refractivity contribution >= 4 is 29.2 Å². The molecular formula is C24H29ClN2O4. The fourth-order valence-electron chi connectivity index (χ4n) is 4.21. The third-order valence-electron chi connectivity index (χ3n) is 6.03. The zero-order chi connectivity index (χ0) is 22.6. The molecule has 0 spiro atoms. The maximum absolute atomic E-state index is 14.0. The van der Waals surface area contributed by atoms with Gasteiger partial charge in [0.05, 0.1) is 14.2 Å². The Balaban J connectivity index is 2.16. The molecule has 31 heavy (non-hydrogen) atoms. The monoisotopic (exact) mass is 444 g/mol. The summed E-state index contributed by atoms with van der Waals surface area (Å²) < 4.78 is 10.5. The maximum Gasteiger partial charge on any atom is 0.326 e. The van der Waals surface area contributed by atoms with E-state index in [1.165, 1.54) is 7.11 Å². The second kappa shape index (κ2) is 9.71. The minimum atomic E-state index is -1.49. The molecule has 166 valence electrons. The maximum atomic E-state index is 14.0. The Kier molecular flexibility index (Phi) is 7.23. The summed E-state index contributed by atoms with van der Waals surface area (Å²) in [5, 5.41) is 0.548. The highest BCUT2D eigenvalue weighted by molar-refractivity contribution is 6.31. The molecule has 7 heteroatoms. The largest absolute Gasteiger partial charge is 0.497 e. The third kappa shape index (κ3) is 4.27. The standard InChI is InChI=1S/C24H29ClN2O4/c1-5-26(6-2)12-13-27-21-15-19(25)11-10-17(21)16-24(22(27)28,23(29)31-4)18-8-7-9-20(14-18)30-3/h7-11,14-15H,5-6,12-13,16H2,1-4H3. The van der Waals surface area contributed by atoms with Crippen LogP contribution >= 0.6 is 11.6 Å². The summed E-state index contributed by atoms with van der Waals surface area (Å²) in [6.45, 7) is 7.04. The minimum Gasteiger partial charge on any atom is -0.497 e. The Morgan fingerprint density at radius 3 is 2.55 bits per heavy atom. The van der Waals surface area contributed by atoms with Gasteiger partial charge in [-0.3, -0.25) is 9.59 Å². The molecule has 1 aliphatic rings. The summed E-state index contributed by atoms with van der Waals surface area (Å²) >= 11 is 6.27. The van der Waals surface area contributed by atoms with E-state index in [-0.39, 0.29) is 12.3 Å². The summed E-state index contributed by atoms with van der Waals surface area (Å²) in [6, 6.07) is 12.5. The van der Waals surface area contributed by atoms with Gasteiger partial charge in [0.1, 0.15) is 5.75 Å². The molecule has 3 rings (SSSR count). The van der Waals surface area contributed by atoms with E-state index in [0.29, 0.717) is 29.4 Å². The van der Waals surface area contributed by atoms with Crippen molar-refractivity contribution in [1.29, 1.82) is 0 Å². The van der Waals surface area contributed by atoms with Crippen LogP contribution in [-0.4, -0.2) is 57.2 Å². The van der Waals surface area contributed by atoms with E-state index in [1.54, 1.807) is 48.4 Å². The summed E-state index contributed by atoms with van der Waals surface area (Å²) in [7, 11) is 2.87. The normalized spacial score (nSPS) is 18.1. The van der Waals surface area contributed by atoms with Crippen LogP contribution in [0.25, 0.3) is 0 Å². The van der Waals surface area contributed by atoms with Gasteiger partial charge in [0.25, 0.3) is 0 Å². The van der Waals surface area contributed by atoms with Gasteiger partial charge in [0, 0.05) is 30.2 Å². The predicted molar refractivity (Wildman–Crippen MR) is 122 cm³/mol. The number of hydrogen-bond donors (Lipinski definition) is 0. The Bertz CT molecular complexity index is 960. The van der Waals surface area contributed by atoms with E-state index < -0.39 is 11.4 Å². The first-order valence-corrected chi connectivity index (χ1v) is 10.8. The number of ether oxygens (including phenoxy) is 2. The van der Waals surface area contributed by atoms with Crippen molar-refractivity contribution in [3.8, 4) is 5.75 Å². The van der Waals surface area contributed by atoms with Crippen molar-refractivity contribution < 1.29 is 19.1 Å². The third-order valence-corrected chi connectivity index (χ3v) is 6.27. The molecule has 1 aliphatic heterocycles. The molecule has 0 fully saturated rings. The number of methoxy groups -OCH3 is 2. The first-order chi connectivity index (χ1) is 14.9. The lowest BCUT2D eigenvalue weighted by Crippen LogP contribution is -2.58. The number of hydrogen-bond acceptors (Lipinski definition) is 5. The molecule has 0 N–H and O–H groups in total. The van der Waals surface area contributed by atoms with Gasteiger partial charge in [0.2, 0.25) is 5.91 Å². The first-order valence-electron chi connectivity index (χ1n) is 10.5. The van der Waals surface area contributed by atoms with Crippen LogP contribution in [0.3, 0.4) is 0 Å². The van der Waals surface area contributed by atoms with Crippen LogP contribution in [0.1, 0.15) is 25.0 Å². The molecule has 0 saturated carbocycles. The van der Waals surface area contributed by atoms with Crippen LogP contribution in [0.5, 0.6) is 5.75 Å². The lowest BCUT2D eigenvalue weighted by atomic mass is 9.71. The lowest BCUT2D eigenvalue weighted by Gasteiger charge is -2.41. The van der Waals surface area contributed by atoms with Gasteiger partial charge in [-0.2, -0.15) is 0 Å². The van der Waals surface area contributed by atoms with E-state index in [9.17, 15) is 9.59 Å². The van der Waals surface area contributed by atoms with Crippen LogP contribution in [0.15, 0.2) is 42.5 Å². The fraction of sp³-hybridized carbons (Fsp3) is 0.417. The van der Waals surface area contributed by atoms with Crippen molar-refractivity contribution in [3.63, 3.8) is 0 Å². The van der Waals surface area contributed by atoms with Crippen molar-refractivity contribution in [3.05, 3.63) is 58.6 Å². The highest BCUT2D eigenvalue weighted by atomic mass is 35.5. The average Bonchev–Trinajstić information content (AvgIpc) is 2.80. The number of carbonyl (C=O) groups excluding carboxylic acids is 2. The molecule has 1 amide bonds. The van der Waals surface area contributed by atoms with Gasteiger partial charge in [-0.1, -0.05) is 43.6 Å². The van der Waals surface area contributed by atoms with Crippen molar-refractivity contribution in [2.24, 2.45) is 0 Å². The molecule has 0 aromatic heterocycles. The number of likely N-dealkylation sites (N-methyl/N-ethyl adjacent to an activating group) is 1. The number of halogens is 1. The smallest absolute Gasteiger partial charge is 0.326 e. The molecule has 2 aromatic carbocycles. The summed E-state index contributed by atoms with van der Waals surface area (Å²) in [5.74, 6) is -0.320. The Morgan fingerprint density at radius 1 is 1.16 bits per heavy atom. The van der Waals surface area contributed by atoms with Gasteiger partial charge in [-0.15, -0.1) is 0 Å². The second-order valence-corrected chi connectivity index (χ2v) is 8.00. The quantitative estimate of drug-likeness (QED) is 0.459. The number of amides is 1. The number of nitrogens with zero attached hydrogens (tertiary/aromatic N) is 2. The first kappa shape index (κ1) is 23.1. The Labute approximate surface area is 188 Å². The molecule has 1 unspecified atom stereocenters. The highest BCUT2D eigenvalue weighted by Crippen LogP contribution is 2.42. The molecular weight excluding hydrogens is 416 g/mol. The van der Waals surface area contributed by atoms with Crippen LogP contribution in [0.2, 0.25) is 5.02 Å². The fourth-order valence-corrected chi connectivity index (χ4v) is 4.37. The number of carbonyl (C=O) groups is 2. The van der Waals surface area contributed by atoms with Crippen LogP contribution in [0, 0.1) is 0 Å². The van der Waals surface area contributed by atoms with Gasteiger partial charge in [-0.25, -0.2) is 0 Å². The van der Waals surface area contributed by atoms with Crippen LogP contribution < -0.4 is 9.64 Å². The van der Waals surface area contributed by atoms with Gasteiger partial charge in [-0.05, 0) is 48.5 Å². The number of benzene rings is 2. The van der Waals surface area contributed by atoms with E-state index in [2.05, 4.69) is 18.7 Å². The van der Waals surface area contributed by atoms with Crippen molar-refractivity contribution in [2.75, 3.05) is 45.3 Å². The Hall–Kier alpha value is -2.57. The number of fused-ring (bicyclic) bond motifs is 1. The zero-order valence-electron chi connectivity index (χ0n) is 18.5. The molecule has 0 radical (unpaired) electrons. The van der Waals surface area contributed by atoms with E-state index in [4.69, 9.17) is 21.1 Å². The molecule has 6 nitrogen and oxygen atoms in total. The summed E-state index contributed by atoms with van der Waals surface area (Å²) in [4.78, 5) is 31.2. The molecule has 0 bridgehead atoms. The molecule has 0 aliphatic carbocycles. The number of esters is 1. The van der Waals surface area contributed by atoms with Crippen LogP contribution in [-0.2, 0) is 26.2 Å². The lowest BCUT2D eigenvalue weighted by molar-refractivity contribution is -0.152. The van der Waals surface area contributed by atoms with Gasteiger partial charge >= 0.3 is 5.97 Å². The number of anilines is 1. The van der Waals surface area contributed by atoms with Crippen molar-refractivity contribution in [2.45, 2.75) is 25.7 Å².